The molecule has 1 saturated carbocycles. The molecule has 7 heteroatoms. The number of nitrogens with zero attached hydrogens (tertiary/aromatic N) is 2. The molecule has 138 valence electrons. The fraction of sp³-hybridized carbons (Fsp3) is 0.444. The molecule has 1 aromatic carbocycles. The van der Waals surface area contributed by atoms with Gasteiger partial charge in [-0.3, -0.25) is 4.79 Å². The van der Waals surface area contributed by atoms with E-state index in [0.717, 1.165) is 36.9 Å². The van der Waals surface area contributed by atoms with Crippen LogP contribution >= 0.6 is 24.8 Å². The molecule has 1 aromatic heterocycles. The van der Waals surface area contributed by atoms with Gasteiger partial charge < -0.3 is 15.6 Å². The van der Waals surface area contributed by atoms with Crippen molar-refractivity contribution in [1.29, 1.82) is 0 Å². The number of amides is 1. The third-order valence-electron chi connectivity index (χ3n) is 4.72. The topological polar surface area (TPSA) is 72.9 Å². The summed E-state index contributed by atoms with van der Waals surface area (Å²) in [5, 5.41) is 3.09. The summed E-state index contributed by atoms with van der Waals surface area (Å²) in [6.07, 6.45) is 10.2. The van der Waals surface area contributed by atoms with E-state index in [1.54, 1.807) is 12.5 Å². The lowest BCUT2D eigenvalue weighted by atomic mass is 9.81. The molecule has 25 heavy (non-hydrogen) atoms. The van der Waals surface area contributed by atoms with Crippen LogP contribution in [0.3, 0.4) is 0 Å². The van der Waals surface area contributed by atoms with Crippen molar-refractivity contribution in [1.82, 2.24) is 14.9 Å². The number of carbonyl (C=O) groups excluding carboxylic acids is 1. The van der Waals surface area contributed by atoms with Crippen LogP contribution in [0.25, 0.3) is 5.69 Å². The van der Waals surface area contributed by atoms with Gasteiger partial charge in [-0.15, -0.1) is 24.8 Å². The largest absolute Gasteiger partial charge is 0.348 e. The van der Waals surface area contributed by atoms with Gasteiger partial charge in [0.2, 0.25) is 5.91 Å². The quantitative estimate of drug-likeness (QED) is 0.845. The maximum absolute atomic E-state index is 12.6. The van der Waals surface area contributed by atoms with E-state index in [1.807, 2.05) is 35.9 Å². The Morgan fingerprint density at radius 1 is 1.28 bits per heavy atom. The Labute approximate surface area is 161 Å². The van der Waals surface area contributed by atoms with Gasteiger partial charge in [-0.1, -0.05) is 31.4 Å². The number of nitrogens with one attached hydrogen (secondary N) is 1. The zero-order valence-corrected chi connectivity index (χ0v) is 16.0. The van der Waals surface area contributed by atoms with E-state index in [0.29, 0.717) is 0 Å². The zero-order chi connectivity index (χ0) is 16.3. The van der Waals surface area contributed by atoms with Gasteiger partial charge in [-0.05, 0) is 37.5 Å². The van der Waals surface area contributed by atoms with E-state index < -0.39 is 5.54 Å². The van der Waals surface area contributed by atoms with Crippen molar-refractivity contribution in [2.45, 2.75) is 50.6 Å². The Balaban J connectivity index is 0.00000156. The summed E-state index contributed by atoms with van der Waals surface area (Å²) in [5.74, 6) is -0.0299. The van der Waals surface area contributed by atoms with Crippen molar-refractivity contribution in [3.63, 3.8) is 0 Å². The molecule has 1 heterocycles. The smallest absolute Gasteiger partial charge is 0.240 e. The second-order valence-corrected chi connectivity index (χ2v) is 6.48. The summed E-state index contributed by atoms with van der Waals surface area (Å²) in [7, 11) is 0. The number of hydrogen-bond acceptors (Lipinski definition) is 3. The fourth-order valence-electron chi connectivity index (χ4n) is 3.20. The number of aromatic nitrogens is 2. The second kappa shape index (κ2) is 9.22. The van der Waals surface area contributed by atoms with Crippen LogP contribution in [0.2, 0.25) is 0 Å². The molecule has 0 spiro atoms. The van der Waals surface area contributed by atoms with E-state index in [-0.39, 0.29) is 36.8 Å². The molecule has 3 rings (SSSR count). The first-order valence-corrected chi connectivity index (χ1v) is 8.27. The van der Waals surface area contributed by atoms with E-state index >= 15 is 0 Å². The third kappa shape index (κ3) is 4.97. The molecule has 5 nitrogen and oxygen atoms in total. The number of nitrogens with two attached hydrogens (primary N) is 1. The monoisotopic (exact) mass is 384 g/mol. The van der Waals surface area contributed by atoms with Crippen LogP contribution in [0, 0.1) is 0 Å². The first-order chi connectivity index (χ1) is 11.1. The lowest BCUT2D eigenvalue weighted by molar-refractivity contribution is -0.128. The average molecular weight is 385 g/mol. The summed E-state index contributed by atoms with van der Waals surface area (Å²) < 4.78 is 1.95. The summed E-state index contributed by atoms with van der Waals surface area (Å²) in [4.78, 5) is 16.6. The number of carbonyl (C=O) groups is 1. The first-order valence-electron chi connectivity index (χ1n) is 8.27. The lowest BCUT2D eigenvalue weighted by Gasteiger charge is -2.33. The highest BCUT2D eigenvalue weighted by Gasteiger charge is 2.35. The van der Waals surface area contributed by atoms with Gasteiger partial charge in [0, 0.05) is 18.1 Å². The molecular weight excluding hydrogens is 359 g/mol. The maximum Gasteiger partial charge on any atom is 0.240 e. The minimum absolute atomic E-state index is 0. The standard InChI is InChI=1S/C18H24N4O.2ClH/c1-14(21-17(23)18(19)8-3-2-4-9-18)15-6-5-7-16(12-15)22-11-10-20-13-22;;/h5-7,10-14H,2-4,8-9,19H2,1H3,(H,21,23);2*1H. The molecule has 0 bridgehead atoms. The number of rotatable bonds is 4. The molecule has 0 saturated heterocycles. The Kier molecular flexibility index (Phi) is 7.93. The molecule has 0 aliphatic heterocycles. The Bertz CT molecular complexity index is 669. The highest BCUT2D eigenvalue weighted by Crippen LogP contribution is 2.27. The molecule has 1 atom stereocenters. The molecule has 3 N–H and O–H groups in total. The summed E-state index contributed by atoms with van der Waals surface area (Å²) in [5.41, 5.74) is 7.70. The minimum atomic E-state index is -0.700. The molecule has 1 unspecified atom stereocenters. The van der Waals surface area contributed by atoms with Gasteiger partial charge in [0.25, 0.3) is 0 Å². The molecule has 0 radical (unpaired) electrons. The van der Waals surface area contributed by atoms with Crippen molar-refractivity contribution in [2.24, 2.45) is 5.73 Å². The van der Waals surface area contributed by atoms with Crippen LogP contribution in [0.1, 0.15) is 50.6 Å². The molecular formula is C18H26Cl2N4O. The van der Waals surface area contributed by atoms with Crippen LogP contribution in [-0.4, -0.2) is 21.0 Å². The van der Waals surface area contributed by atoms with Crippen LogP contribution in [-0.2, 0) is 4.79 Å². The predicted octanol–water partition coefficient (Wildman–Crippen LogP) is 3.55. The van der Waals surface area contributed by atoms with E-state index in [1.165, 1.54) is 6.42 Å². The lowest BCUT2D eigenvalue weighted by Crippen LogP contribution is -2.55. The van der Waals surface area contributed by atoms with Gasteiger partial charge in [0.1, 0.15) is 0 Å². The van der Waals surface area contributed by atoms with E-state index in [2.05, 4.69) is 16.4 Å². The Morgan fingerprint density at radius 3 is 2.64 bits per heavy atom. The van der Waals surface area contributed by atoms with Crippen molar-refractivity contribution in [2.75, 3.05) is 0 Å². The van der Waals surface area contributed by atoms with Gasteiger partial charge in [0.15, 0.2) is 0 Å². The van der Waals surface area contributed by atoms with E-state index in [9.17, 15) is 4.79 Å². The highest BCUT2D eigenvalue weighted by molar-refractivity contribution is 5.86. The molecule has 1 fully saturated rings. The van der Waals surface area contributed by atoms with Gasteiger partial charge in [0.05, 0.1) is 17.9 Å². The molecule has 1 aliphatic rings. The van der Waals surface area contributed by atoms with Crippen molar-refractivity contribution in [3.8, 4) is 5.69 Å². The second-order valence-electron chi connectivity index (χ2n) is 6.48. The van der Waals surface area contributed by atoms with Crippen molar-refractivity contribution in [3.05, 3.63) is 48.5 Å². The molecule has 1 aliphatic carbocycles. The van der Waals surface area contributed by atoms with Crippen LogP contribution in [0.15, 0.2) is 43.0 Å². The minimum Gasteiger partial charge on any atom is -0.348 e. The van der Waals surface area contributed by atoms with Crippen molar-refractivity contribution >= 4 is 30.7 Å². The SMILES string of the molecule is CC(NC(=O)C1(N)CCCCC1)c1cccc(-n2ccnc2)c1.Cl.Cl. The zero-order valence-electron chi connectivity index (χ0n) is 14.4. The number of imidazole rings is 1. The highest BCUT2D eigenvalue weighted by atomic mass is 35.5. The Hall–Kier alpha value is -1.56. The summed E-state index contributed by atoms with van der Waals surface area (Å²) in [6.45, 7) is 2.00. The van der Waals surface area contributed by atoms with Gasteiger partial charge in [-0.2, -0.15) is 0 Å². The fourth-order valence-corrected chi connectivity index (χ4v) is 3.20. The van der Waals surface area contributed by atoms with Crippen LogP contribution < -0.4 is 11.1 Å². The maximum atomic E-state index is 12.6. The normalized spacial score (nSPS) is 16.9. The van der Waals surface area contributed by atoms with Crippen LogP contribution in [0.4, 0.5) is 0 Å². The number of hydrogen-bond donors (Lipinski definition) is 2. The van der Waals surface area contributed by atoms with Crippen molar-refractivity contribution < 1.29 is 4.79 Å². The summed E-state index contributed by atoms with van der Waals surface area (Å²) >= 11 is 0. The Morgan fingerprint density at radius 2 is 2.00 bits per heavy atom. The third-order valence-corrected chi connectivity index (χ3v) is 4.72. The van der Waals surface area contributed by atoms with Crippen LogP contribution in [0.5, 0.6) is 0 Å². The van der Waals surface area contributed by atoms with Gasteiger partial charge in [-0.25, -0.2) is 4.98 Å². The first kappa shape index (κ1) is 21.5. The van der Waals surface area contributed by atoms with Gasteiger partial charge >= 0.3 is 0 Å². The number of benzene rings is 1. The number of halogens is 2. The molecule has 2 aromatic rings. The average Bonchev–Trinajstić information content (AvgIpc) is 3.10. The summed E-state index contributed by atoms with van der Waals surface area (Å²) in [6, 6.07) is 8.03. The van der Waals surface area contributed by atoms with E-state index in [4.69, 9.17) is 5.73 Å². The predicted molar refractivity (Wildman–Crippen MR) is 105 cm³/mol. The molecule has 1 amide bonds.